The maximum absolute atomic E-state index is 12.2. The van der Waals surface area contributed by atoms with Crippen molar-refractivity contribution in [2.75, 3.05) is 25.4 Å². The van der Waals surface area contributed by atoms with Crippen molar-refractivity contribution in [1.82, 2.24) is 10.2 Å². The minimum absolute atomic E-state index is 0.0481. The zero-order valence-electron chi connectivity index (χ0n) is 13.7. The van der Waals surface area contributed by atoms with Gasteiger partial charge in [-0.05, 0) is 43.2 Å². The summed E-state index contributed by atoms with van der Waals surface area (Å²) in [6, 6.07) is 8.37. The Bertz CT molecular complexity index is 684. The topological polar surface area (TPSA) is 66.5 Å². The number of benzene rings is 1. The van der Waals surface area contributed by atoms with E-state index in [1.165, 1.54) is 0 Å². The number of allylic oxidation sites excluding steroid dienone is 2. The van der Waals surface area contributed by atoms with Crippen LogP contribution in [0.15, 0.2) is 47.4 Å². The summed E-state index contributed by atoms with van der Waals surface area (Å²) < 4.78 is 24.3. The molecular formula is C18H24N2O3S. The van der Waals surface area contributed by atoms with Gasteiger partial charge in [-0.1, -0.05) is 30.4 Å². The van der Waals surface area contributed by atoms with Gasteiger partial charge in [-0.25, -0.2) is 13.2 Å². The number of fused-ring (bicyclic) bond motifs is 1. The molecule has 5 nitrogen and oxygen atoms in total. The van der Waals surface area contributed by atoms with Crippen molar-refractivity contribution in [3.8, 4) is 0 Å². The first-order chi connectivity index (χ1) is 11.6. The molecule has 0 spiro atoms. The average Bonchev–Trinajstić information content (AvgIpc) is 3.03. The molecule has 1 heterocycles. The van der Waals surface area contributed by atoms with Crippen molar-refractivity contribution in [2.45, 2.75) is 24.2 Å². The van der Waals surface area contributed by atoms with Crippen LogP contribution in [0.1, 0.15) is 19.3 Å². The molecule has 3 rings (SSSR count). The van der Waals surface area contributed by atoms with Crippen molar-refractivity contribution in [3.05, 3.63) is 42.5 Å². The van der Waals surface area contributed by atoms with E-state index in [1.54, 1.807) is 30.3 Å². The van der Waals surface area contributed by atoms with Crippen LogP contribution in [0.3, 0.4) is 0 Å². The van der Waals surface area contributed by atoms with Crippen LogP contribution in [-0.2, 0) is 9.84 Å². The number of hydrogen-bond acceptors (Lipinski definition) is 3. The molecule has 1 aliphatic heterocycles. The van der Waals surface area contributed by atoms with E-state index in [-0.39, 0.29) is 11.8 Å². The molecule has 1 fully saturated rings. The number of sulfone groups is 1. The molecule has 6 heteroatoms. The van der Waals surface area contributed by atoms with Crippen molar-refractivity contribution in [3.63, 3.8) is 0 Å². The lowest BCUT2D eigenvalue weighted by Crippen LogP contribution is -2.39. The zero-order chi connectivity index (χ0) is 17.0. The standard InChI is InChI=1S/C18H24N2O3S/c21-18(20-13-15-7-4-5-8-16(15)14-20)19-11-6-12-24(22,23)17-9-2-1-3-10-17/h1-5,9-10,15-16H,6-8,11-14H2,(H,19,21). The van der Waals surface area contributed by atoms with Crippen LogP contribution < -0.4 is 5.32 Å². The Kier molecular flexibility index (Phi) is 5.23. The predicted octanol–water partition coefficient (Wildman–Crippen LogP) is 2.46. The van der Waals surface area contributed by atoms with Gasteiger partial charge in [0.25, 0.3) is 0 Å². The van der Waals surface area contributed by atoms with Gasteiger partial charge in [0.2, 0.25) is 0 Å². The Morgan fingerprint density at radius 2 is 1.71 bits per heavy atom. The Balaban J connectivity index is 1.41. The highest BCUT2D eigenvalue weighted by Crippen LogP contribution is 2.32. The van der Waals surface area contributed by atoms with Crippen LogP contribution >= 0.6 is 0 Å². The molecule has 1 aromatic rings. The second-order valence-corrected chi connectivity index (χ2v) is 8.69. The molecule has 24 heavy (non-hydrogen) atoms. The summed E-state index contributed by atoms with van der Waals surface area (Å²) in [7, 11) is -3.27. The number of carbonyl (C=O) groups excluding carboxylic acids is 1. The Morgan fingerprint density at radius 1 is 1.08 bits per heavy atom. The molecule has 1 aromatic carbocycles. The summed E-state index contributed by atoms with van der Waals surface area (Å²) in [4.78, 5) is 14.4. The number of carbonyl (C=O) groups is 1. The van der Waals surface area contributed by atoms with Gasteiger partial charge in [0, 0.05) is 19.6 Å². The first kappa shape index (κ1) is 17.0. The van der Waals surface area contributed by atoms with Gasteiger partial charge in [-0.2, -0.15) is 0 Å². The van der Waals surface area contributed by atoms with Crippen LogP contribution in [0.25, 0.3) is 0 Å². The molecule has 0 aromatic heterocycles. The lowest BCUT2D eigenvalue weighted by Gasteiger charge is -2.17. The predicted molar refractivity (Wildman–Crippen MR) is 93.4 cm³/mol. The van der Waals surface area contributed by atoms with Gasteiger partial charge in [-0.15, -0.1) is 0 Å². The van der Waals surface area contributed by atoms with E-state index >= 15 is 0 Å². The van der Waals surface area contributed by atoms with E-state index in [0.29, 0.717) is 29.7 Å². The maximum Gasteiger partial charge on any atom is 0.317 e. The van der Waals surface area contributed by atoms with Gasteiger partial charge in [0.05, 0.1) is 10.6 Å². The summed E-state index contributed by atoms with van der Waals surface area (Å²) in [5.41, 5.74) is 0. The number of nitrogens with one attached hydrogen (secondary N) is 1. The highest BCUT2D eigenvalue weighted by Gasteiger charge is 2.34. The molecule has 2 amide bonds. The van der Waals surface area contributed by atoms with Gasteiger partial charge in [0.15, 0.2) is 9.84 Å². The van der Waals surface area contributed by atoms with E-state index in [9.17, 15) is 13.2 Å². The van der Waals surface area contributed by atoms with Crippen molar-refractivity contribution in [1.29, 1.82) is 0 Å². The number of amides is 2. The van der Waals surface area contributed by atoms with Crippen molar-refractivity contribution >= 4 is 15.9 Å². The molecule has 1 aliphatic carbocycles. The molecular weight excluding hydrogens is 324 g/mol. The third kappa shape index (κ3) is 3.98. The highest BCUT2D eigenvalue weighted by molar-refractivity contribution is 7.91. The van der Waals surface area contributed by atoms with Crippen LogP contribution in [0.4, 0.5) is 4.79 Å². The molecule has 1 N–H and O–H groups in total. The van der Waals surface area contributed by atoms with Gasteiger partial charge in [0.1, 0.15) is 0 Å². The Hall–Kier alpha value is -1.82. The zero-order valence-corrected chi connectivity index (χ0v) is 14.5. The van der Waals surface area contributed by atoms with Crippen LogP contribution in [0, 0.1) is 11.8 Å². The van der Waals surface area contributed by atoms with Crippen LogP contribution in [-0.4, -0.2) is 44.7 Å². The van der Waals surface area contributed by atoms with E-state index in [0.717, 1.165) is 25.9 Å². The van der Waals surface area contributed by atoms with Crippen LogP contribution in [0.5, 0.6) is 0 Å². The van der Waals surface area contributed by atoms with Crippen molar-refractivity contribution < 1.29 is 13.2 Å². The first-order valence-corrected chi connectivity index (χ1v) is 10.2. The van der Waals surface area contributed by atoms with Crippen LogP contribution in [0.2, 0.25) is 0 Å². The normalized spacial score (nSPS) is 23.1. The highest BCUT2D eigenvalue weighted by atomic mass is 32.2. The van der Waals surface area contributed by atoms with Gasteiger partial charge >= 0.3 is 6.03 Å². The SMILES string of the molecule is O=C(NCCCS(=O)(=O)c1ccccc1)N1CC2CC=CCC2C1. The number of urea groups is 1. The fraction of sp³-hybridized carbons (Fsp3) is 0.500. The monoisotopic (exact) mass is 348 g/mol. The molecule has 1 saturated heterocycles. The number of hydrogen-bond donors (Lipinski definition) is 1. The van der Waals surface area contributed by atoms with Gasteiger partial charge in [-0.3, -0.25) is 0 Å². The second kappa shape index (κ2) is 7.38. The molecule has 2 aliphatic rings. The van der Waals surface area contributed by atoms with E-state index in [4.69, 9.17) is 0 Å². The number of nitrogens with zero attached hydrogens (tertiary/aromatic N) is 1. The van der Waals surface area contributed by atoms with Gasteiger partial charge < -0.3 is 10.2 Å². The summed E-state index contributed by atoms with van der Waals surface area (Å²) >= 11 is 0. The van der Waals surface area contributed by atoms with E-state index in [2.05, 4.69) is 17.5 Å². The number of rotatable bonds is 5. The molecule has 0 bridgehead atoms. The molecule has 0 saturated carbocycles. The fourth-order valence-electron chi connectivity index (χ4n) is 3.50. The maximum atomic E-state index is 12.2. The molecule has 130 valence electrons. The summed E-state index contributed by atoms with van der Waals surface area (Å²) in [5, 5.41) is 2.86. The molecule has 2 atom stereocenters. The summed E-state index contributed by atoms with van der Waals surface area (Å²) in [5.74, 6) is 1.21. The summed E-state index contributed by atoms with van der Waals surface area (Å²) in [6.07, 6.45) is 6.95. The lowest BCUT2D eigenvalue weighted by molar-refractivity contribution is 0.206. The van der Waals surface area contributed by atoms with E-state index in [1.807, 2.05) is 4.90 Å². The largest absolute Gasteiger partial charge is 0.338 e. The first-order valence-electron chi connectivity index (χ1n) is 8.52. The average molecular weight is 348 g/mol. The molecule has 0 radical (unpaired) electrons. The fourth-order valence-corrected chi connectivity index (χ4v) is 4.83. The Labute approximate surface area is 143 Å². The smallest absolute Gasteiger partial charge is 0.317 e. The van der Waals surface area contributed by atoms with E-state index < -0.39 is 9.84 Å². The quantitative estimate of drug-likeness (QED) is 0.656. The third-order valence-electron chi connectivity index (χ3n) is 4.88. The third-order valence-corrected chi connectivity index (χ3v) is 6.69. The lowest BCUT2D eigenvalue weighted by atomic mass is 9.86. The minimum Gasteiger partial charge on any atom is -0.338 e. The Morgan fingerprint density at radius 3 is 2.33 bits per heavy atom. The summed E-state index contributed by atoms with van der Waals surface area (Å²) in [6.45, 7) is 2.00. The molecule has 2 unspecified atom stereocenters. The number of likely N-dealkylation sites (tertiary alicyclic amines) is 1. The second-order valence-electron chi connectivity index (χ2n) is 6.59. The van der Waals surface area contributed by atoms with Crippen molar-refractivity contribution in [2.24, 2.45) is 11.8 Å². The minimum atomic E-state index is -3.27.